The molecule has 0 saturated carbocycles. The average Bonchev–Trinajstić information content (AvgIpc) is 3.12. The number of amides is 1. The smallest absolute Gasteiger partial charge is 0.295 e. The number of rotatable bonds is 6. The van der Waals surface area contributed by atoms with E-state index in [2.05, 4.69) is 19.9 Å². The molecule has 10 heteroatoms. The minimum atomic E-state index is -4.00. The van der Waals surface area contributed by atoms with Gasteiger partial charge in [0.1, 0.15) is 5.75 Å². The normalized spacial score (nSPS) is 11.7. The summed E-state index contributed by atoms with van der Waals surface area (Å²) in [7, 11) is -2.56. The molecule has 4 aromatic rings. The number of para-hydroxylation sites is 3. The Balaban J connectivity index is 1.60. The summed E-state index contributed by atoms with van der Waals surface area (Å²) in [5, 5.41) is 18.1. The van der Waals surface area contributed by atoms with E-state index < -0.39 is 15.9 Å². The number of azo groups is 1. The van der Waals surface area contributed by atoms with Crippen LogP contribution in [0.2, 0.25) is 0 Å². The lowest BCUT2D eigenvalue weighted by Crippen LogP contribution is -2.14. The van der Waals surface area contributed by atoms with Gasteiger partial charge in [-0.25, -0.2) is 8.42 Å². The molecule has 0 atom stereocenters. The monoisotopic (exact) mass is 450 g/mol. The predicted octanol–water partition coefficient (Wildman–Crippen LogP) is 4.61. The fraction of sp³-hybridized carbons (Fsp3) is 0.0455. The lowest BCUT2D eigenvalue weighted by Gasteiger charge is -2.11. The molecular formula is C22H18N4O5S. The van der Waals surface area contributed by atoms with Crippen LogP contribution in [0.5, 0.6) is 11.6 Å². The molecule has 3 aromatic carbocycles. The number of methoxy groups -OCH3 is 1. The van der Waals surface area contributed by atoms with E-state index in [1.165, 1.54) is 31.4 Å². The maximum atomic E-state index is 12.8. The van der Waals surface area contributed by atoms with E-state index in [0.29, 0.717) is 16.7 Å². The number of ether oxygens (including phenoxy) is 1. The molecule has 9 nitrogen and oxygen atoms in total. The Morgan fingerprint density at radius 2 is 1.78 bits per heavy atom. The number of fused-ring (bicyclic) bond motifs is 1. The van der Waals surface area contributed by atoms with E-state index in [1.807, 2.05) is 0 Å². The van der Waals surface area contributed by atoms with Gasteiger partial charge in [-0.05, 0) is 36.4 Å². The van der Waals surface area contributed by atoms with Gasteiger partial charge in [0.2, 0.25) is 5.88 Å². The number of carbonyl (C=O) groups excluding carboxylic acids is 1. The highest BCUT2D eigenvalue weighted by Crippen LogP contribution is 2.35. The molecule has 0 aliphatic heterocycles. The number of sulfonamides is 1. The zero-order chi connectivity index (χ0) is 22.7. The van der Waals surface area contributed by atoms with Crippen LogP contribution in [0.1, 0.15) is 10.4 Å². The van der Waals surface area contributed by atoms with Crippen molar-refractivity contribution >= 4 is 38.2 Å². The first-order valence-corrected chi connectivity index (χ1v) is 10.9. The van der Waals surface area contributed by atoms with Crippen LogP contribution in [0.4, 0.5) is 11.4 Å². The van der Waals surface area contributed by atoms with E-state index in [-0.39, 0.29) is 27.7 Å². The van der Waals surface area contributed by atoms with Crippen LogP contribution in [0.3, 0.4) is 0 Å². The summed E-state index contributed by atoms with van der Waals surface area (Å²) in [6.07, 6.45) is 0. The fourth-order valence-electron chi connectivity index (χ4n) is 3.10. The molecule has 1 amide bonds. The van der Waals surface area contributed by atoms with Crippen LogP contribution < -0.4 is 9.46 Å². The molecular weight excluding hydrogens is 432 g/mol. The predicted molar refractivity (Wildman–Crippen MR) is 119 cm³/mol. The lowest BCUT2D eigenvalue weighted by atomic mass is 10.2. The van der Waals surface area contributed by atoms with Crippen LogP contribution in [0, 0.1) is 0 Å². The number of aromatic hydroxyl groups is 1. The summed E-state index contributed by atoms with van der Waals surface area (Å²) in [6.45, 7) is 0. The molecule has 3 N–H and O–H groups in total. The number of aromatic nitrogens is 1. The van der Waals surface area contributed by atoms with Crippen molar-refractivity contribution in [1.29, 1.82) is 0 Å². The van der Waals surface area contributed by atoms with Gasteiger partial charge in [-0.1, -0.05) is 36.4 Å². The number of H-pyrrole nitrogens is 1. The zero-order valence-electron chi connectivity index (χ0n) is 16.8. The Hall–Kier alpha value is -4.18. The van der Waals surface area contributed by atoms with E-state index in [0.717, 1.165) is 0 Å². The highest BCUT2D eigenvalue weighted by atomic mass is 32.2. The Morgan fingerprint density at radius 1 is 1.03 bits per heavy atom. The van der Waals surface area contributed by atoms with E-state index in [1.54, 1.807) is 48.5 Å². The summed E-state index contributed by atoms with van der Waals surface area (Å²) in [4.78, 5) is 15.2. The minimum absolute atomic E-state index is 0.0241. The van der Waals surface area contributed by atoms with Gasteiger partial charge in [0.25, 0.3) is 15.9 Å². The van der Waals surface area contributed by atoms with Crippen molar-refractivity contribution in [3.8, 4) is 11.6 Å². The Morgan fingerprint density at radius 3 is 2.59 bits per heavy atom. The molecule has 1 heterocycles. The largest absolute Gasteiger partial charge is 0.495 e. The standard InChI is InChI=1S/C22H18N4O5S/c1-31-19-12-5-4-11-18(19)26-32(29,30)15-8-6-7-14(13-15)21(27)25-24-20-16-9-2-3-10-17(16)23-22(20)28/h2-13,23,26,28H,1H3. The van der Waals surface area contributed by atoms with Gasteiger partial charge in [0.15, 0.2) is 5.69 Å². The summed E-state index contributed by atoms with van der Waals surface area (Å²) >= 11 is 0. The van der Waals surface area contributed by atoms with Gasteiger partial charge < -0.3 is 14.8 Å². The number of anilines is 1. The van der Waals surface area contributed by atoms with Crippen molar-refractivity contribution in [2.24, 2.45) is 10.2 Å². The molecule has 0 bridgehead atoms. The van der Waals surface area contributed by atoms with Gasteiger partial charge in [-0.15, -0.1) is 10.2 Å². The Labute approximate surface area is 183 Å². The highest BCUT2D eigenvalue weighted by Gasteiger charge is 2.18. The molecule has 32 heavy (non-hydrogen) atoms. The van der Waals surface area contributed by atoms with Gasteiger partial charge in [0, 0.05) is 10.9 Å². The second kappa shape index (κ2) is 8.52. The summed E-state index contributed by atoms with van der Waals surface area (Å²) in [5.74, 6) is -0.625. The van der Waals surface area contributed by atoms with Crippen molar-refractivity contribution in [2.75, 3.05) is 11.8 Å². The number of nitrogens with one attached hydrogen (secondary N) is 2. The Kier molecular flexibility index (Phi) is 5.61. The minimum Gasteiger partial charge on any atom is -0.495 e. The number of nitrogens with zero attached hydrogens (tertiary/aromatic N) is 2. The average molecular weight is 450 g/mol. The number of benzene rings is 3. The fourth-order valence-corrected chi connectivity index (χ4v) is 4.21. The van der Waals surface area contributed by atoms with Crippen molar-refractivity contribution < 1.29 is 23.1 Å². The van der Waals surface area contributed by atoms with Crippen molar-refractivity contribution in [3.05, 3.63) is 78.4 Å². The molecule has 0 spiro atoms. The van der Waals surface area contributed by atoms with E-state index >= 15 is 0 Å². The molecule has 1 aromatic heterocycles. The van der Waals surface area contributed by atoms with Gasteiger partial charge in [0.05, 0.1) is 23.2 Å². The third-order valence-electron chi connectivity index (χ3n) is 4.64. The molecule has 4 rings (SSSR count). The summed E-state index contributed by atoms with van der Waals surface area (Å²) < 4.78 is 33.2. The molecule has 0 aliphatic rings. The molecule has 0 unspecified atom stereocenters. The first-order chi connectivity index (χ1) is 15.4. The van der Waals surface area contributed by atoms with Crippen molar-refractivity contribution in [2.45, 2.75) is 4.90 Å². The van der Waals surface area contributed by atoms with Gasteiger partial charge in [-0.2, -0.15) is 0 Å². The highest BCUT2D eigenvalue weighted by molar-refractivity contribution is 7.92. The van der Waals surface area contributed by atoms with Crippen LogP contribution >= 0.6 is 0 Å². The van der Waals surface area contributed by atoms with Gasteiger partial charge in [-0.3, -0.25) is 9.52 Å². The molecule has 0 aliphatic carbocycles. The van der Waals surface area contributed by atoms with Gasteiger partial charge >= 0.3 is 0 Å². The quantitative estimate of drug-likeness (QED) is 0.369. The zero-order valence-corrected chi connectivity index (χ0v) is 17.6. The summed E-state index contributed by atoms with van der Waals surface area (Å²) in [6, 6.07) is 19.0. The third-order valence-corrected chi connectivity index (χ3v) is 6.01. The third kappa shape index (κ3) is 4.16. The molecule has 0 radical (unpaired) electrons. The topological polar surface area (TPSA) is 133 Å². The number of carbonyl (C=O) groups is 1. The number of hydrogen-bond acceptors (Lipinski definition) is 6. The maximum absolute atomic E-state index is 12.8. The van der Waals surface area contributed by atoms with Crippen LogP contribution in [0.25, 0.3) is 10.9 Å². The molecule has 0 fully saturated rings. The Bertz CT molecular complexity index is 1440. The van der Waals surface area contributed by atoms with Crippen LogP contribution in [-0.2, 0) is 10.0 Å². The second-order valence-corrected chi connectivity index (χ2v) is 8.39. The van der Waals surface area contributed by atoms with Crippen molar-refractivity contribution in [1.82, 2.24) is 4.98 Å². The van der Waals surface area contributed by atoms with Crippen LogP contribution in [0.15, 0.2) is 87.9 Å². The summed E-state index contributed by atoms with van der Waals surface area (Å²) in [5.41, 5.74) is 1.05. The SMILES string of the molecule is COc1ccccc1NS(=O)(=O)c1cccc(C(=O)N=Nc2c(O)[nH]c3ccccc23)c1. The molecule has 162 valence electrons. The first kappa shape index (κ1) is 21.1. The number of aromatic amines is 1. The van der Waals surface area contributed by atoms with Crippen LogP contribution in [-0.4, -0.2) is 31.5 Å². The second-order valence-electron chi connectivity index (χ2n) is 6.71. The van der Waals surface area contributed by atoms with E-state index in [4.69, 9.17) is 4.74 Å². The van der Waals surface area contributed by atoms with Crippen molar-refractivity contribution in [3.63, 3.8) is 0 Å². The molecule has 0 saturated heterocycles. The number of hydrogen-bond donors (Lipinski definition) is 3. The lowest BCUT2D eigenvalue weighted by molar-refractivity contribution is 0.0995. The first-order valence-electron chi connectivity index (χ1n) is 9.40. The maximum Gasteiger partial charge on any atom is 0.295 e. The van der Waals surface area contributed by atoms with E-state index in [9.17, 15) is 18.3 Å².